The van der Waals surface area contributed by atoms with Crippen LogP contribution >= 0.6 is 0 Å². The number of hydrogen-bond acceptors (Lipinski definition) is 9. The van der Waals surface area contributed by atoms with Gasteiger partial charge in [0.25, 0.3) is 0 Å². The second-order valence-electron chi connectivity index (χ2n) is 5.08. The van der Waals surface area contributed by atoms with Crippen LogP contribution in [0, 0.1) is 6.57 Å². The molecule has 0 unspecified atom stereocenters. The Balaban J connectivity index is -0.000000352. The maximum Gasteiger partial charge on any atom is 0.333 e. The van der Waals surface area contributed by atoms with Crippen molar-refractivity contribution in [2.45, 2.75) is 20.8 Å². The van der Waals surface area contributed by atoms with Crippen molar-refractivity contribution in [3.05, 3.63) is 47.5 Å². The van der Waals surface area contributed by atoms with Gasteiger partial charge in [-0.15, -0.1) is 0 Å². The first-order valence-electron chi connectivity index (χ1n) is 8.27. The minimum absolute atomic E-state index is 0.0258. The van der Waals surface area contributed by atoms with Crippen molar-refractivity contribution in [3.63, 3.8) is 0 Å². The van der Waals surface area contributed by atoms with Crippen LogP contribution in [-0.2, 0) is 28.6 Å². The molecule has 0 fully saturated rings. The van der Waals surface area contributed by atoms with Gasteiger partial charge in [-0.3, -0.25) is 0 Å². The minimum atomic E-state index is -0.560. The fourth-order valence-corrected chi connectivity index (χ4v) is 0.925. The lowest BCUT2D eigenvalue weighted by Crippen LogP contribution is -2.08. The number of rotatable bonds is 9. The molecule has 0 radical (unpaired) electrons. The normalized spacial score (nSPS) is 9.34. The van der Waals surface area contributed by atoms with Gasteiger partial charge in [0.15, 0.2) is 6.20 Å². The molecule has 0 aliphatic carbocycles. The molecule has 0 atom stereocenters. The van der Waals surface area contributed by atoms with Crippen molar-refractivity contribution in [1.82, 2.24) is 0 Å². The smallest absolute Gasteiger partial charge is 0.333 e. The van der Waals surface area contributed by atoms with E-state index in [4.69, 9.17) is 21.9 Å². The van der Waals surface area contributed by atoms with Crippen LogP contribution in [0.2, 0.25) is 0 Å². The van der Waals surface area contributed by atoms with Crippen LogP contribution in [0.25, 0.3) is 4.85 Å². The van der Waals surface area contributed by atoms with Crippen molar-refractivity contribution in [1.29, 1.82) is 0 Å². The van der Waals surface area contributed by atoms with Crippen LogP contribution in [0.4, 0.5) is 0 Å². The van der Waals surface area contributed by atoms with Gasteiger partial charge >= 0.3 is 17.9 Å². The zero-order valence-electron chi connectivity index (χ0n) is 17.0. The zero-order valence-corrected chi connectivity index (χ0v) is 17.0. The van der Waals surface area contributed by atoms with Crippen molar-refractivity contribution in [2.24, 2.45) is 0 Å². The van der Waals surface area contributed by atoms with E-state index in [1.54, 1.807) is 13.8 Å². The molecule has 0 heterocycles. The summed E-state index contributed by atoms with van der Waals surface area (Å²) in [5, 5.41) is 24.6. The number of nitrogens with zero attached hydrogens (tertiary/aromatic N) is 1. The number of hydrogen-bond donors (Lipinski definition) is 3. The largest absolute Gasteiger partial charge is 0.461 e. The highest BCUT2D eigenvalue weighted by molar-refractivity contribution is 5.88. The predicted molar refractivity (Wildman–Crippen MR) is 104 cm³/mol. The highest BCUT2D eigenvalue weighted by atomic mass is 16.5. The summed E-state index contributed by atoms with van der Waals surface area (Å²) in [6.45, 7) is 17.3. The number of esters is 3. The van der Waals surface area contributed by atoms with Crippen LogP contribution in [0.5, 0.6) is 0 Å². The Morgan fingerprint density at radius 2 is 1.10 bits per heavy atom. The van der Waals surface area contributed by atoms with Crippen LogP contribution in [0.15, 0.2) is 36.1 Å². The second kappa shape index (κ2) is 21.3. The second-order valence-corrected chi connectivity index (χ2v) is 5.08. The molecule has 0 aromatic carbocycles. The maximum atomic E-state index is 10.7. The van der Waals surface area contributed by atoms with Gasteiger partial charge in [0.05, 0.1) is 26.4 Å². The van der Waals surface area contributed by atoms with Crippen LogP contribution in [0.3, 0.4) is 0 Å². The Hall–Kier alpha value is -3.00. The molecule has 0 aromatic heterocycles. The molecule has 29 heavy (non-hydrogen) atoms. The summed E-state index contributed by atoms with van der Waals surface area (Å²) >= 11 is 0. The molecule has 0 aliphatic rings. The van der Waals surface area contributed by atoms with Crippen molar-refractivity contribution in [2.75, 3.05) is 39.6 Å². The van der Waals surface area contributed by atoms with Gasteiger partial charge in [-0.05, 0) is 20.8 Å². The third-order valence-corrected chi connectivity index (χ3v) is 2.25. The third kappa shape index (κ3) is 23.0. The van der Waals surface area contributed by atoms with Crippen molar-refractivity contribution < 1.29 is 43.9 Å². The average Bonchev–Trinajstić information content (AvgIpc) is 2.69. The van der Waals surface area contributed by atoms with Gasteiger partial charge in [0.1, 0.15) is 19.8 Å². The average molecular weight is 415 g/mol. The van der Waals surface area contributed by atoms with Gasteiger partial charge in [0, 0.05) is 16.7 Å². The number of aliphatic hydroxyl groups excluding tert-OH is 3. The lowest BCUT2D eigenvalue weighted by molar-refractivity contribution is -0.140. The summed E-state index contributed by atoms with van der Waals surface area (Å²) in [5.74, 6) is -1.47. The molecule has 0 bridgehead atoms. The van der Waals surface area contributed by atoms with E-state index in [-0.39, 0.29) is 45.2 Å². The van der Waals surface area contributed by atoms with E-state index in [2.05, 4.69) is 32.2 Å². The fourth-order valence-electron chi connectivity index (χ4n) is 0.925. The molecule has 0 aliphatic heterocycles. The quantitative estimate of drug-likeness (QED) is 0.213. The molecule has 3 N–H and O–H groups in total. The van der Waals surface area contributed by atoms with E-state index < -0.39 is 17.9 Å². The standard InChI is InChI=1S/C7H9NO3.2C6H10O3/c1-6(5-8-2)7(10)11-4-3-9;2*1-5(2)6(8)9-4-3-7/h5,9H,3-4H2,1H3;2*7H,1,3-4H2,2H3. The molecule has 10 heteroatoms. The molecular weight excluding hydrogens is 386 g/mol. The van der Waals surface area contributed by atoms with Crippen LogP contribution in [-0.4, -0.2) is 72.9 Å². The topological polar surface area (TPSA) is 144 Å². The van der Waals surface area contributed by atoms with E-state index in [0.29, 0.717) is 11.1 Å². The number of carbonyl (C=O) groups is 3. The van der Waals surface area contributed by atoms with Gasteiger partial charge in [-0.1, -0.05) is 13.2 Å². The first-order valence-corrected chi connectivity index (χ1v) is 8.27. The van der Waals surface area contributed by atoms with E-state index in [1.807, 2.05) is 0 Å². The molecule has 164 valence electrons. The van der Waals surface area contributed by atoms with E-state index in [0.717, 1.165) is 6.20 Å². The number of aliphatic hydroxyl groups is 3. The summed E-state index contributed by atoms with van der Waals surface area (Å²) in [6, 6.07) is 0. The van der Waals surface area contributed by atoms with E-state index in [9.17, 15) is 14.4 Å². The van der Waals surface area contributed by atoms with Gasteiger partial charge in [0.2, 0.25) is 0 Å². The summed E-state index contributed by atoms with van der Waals surface area (Å²) in [5.41, 5.74) is 0.945. The maximum absolute atomic E-state index is 10.7. The van der Waals surface area contributed by atoms with Gasteiger partial charge in [-0.25, -0.2) is 19.2 Å². The van der Waals surface area contributed by atoms with Gasteiger partial charge < -0.3 is 29.5 Å². The lowest BCUT2D eigenvalue weighted by atomic mass is 10.3. The third-order valence-electron chi connectivity index (χ3n) is 2.25. The highest BCUT2D eigenvalue weighted by Gasteiger charge is 2.03. The van der Waals surface area contributed by atoms with Crippen molar-refractivity contribution in [3.8, 4) is 0 Å². The molecule has 0 saturated carbocycles. The molecule has 0 saturated heterocycles. The van der Waals surface area contributed by atoms with E-state index >= 15 is 0 Å². The first-order chi connectivity index (χ1) is 13.6. The first kappa shape index (κ1) is 30.7. The molecule has 0 rings (SSSR count). The number of ether oxygens (including phenoxy) is 3. The lowest BCUT2D eigenvalue weighted by Gasteiger charge is -2.00. The molecule has 0 spiro atoms. The highest BCUT2D eigenvalue weighted by Crippen LogP contribution is 1.96. The molecule has 0 amide bonds. The monoisotopic (exact) mass is 415 g/mol. The minimum Gasteiger partial charge on any atom is -0.461 e. The zero-order chi connectivity index (χ0) is 23.2. The predicted octanol–water partition coefficient (Wildman–Crippen LogP) is 0.541. The van der Waals surface area contributed by atoms with E-state index in [1.165, 1.54) is 6.92 Å². The Morgan fingerprint density at radius 3 is 1.34 bits per heavy atom. The van der Waals surface area contributed by atoms with Crippen LogP contribution in [0.1, 0.15) is 20.8 Å². The fraction of sp³-hybridized carbons (Fsp3) is 0.474. The molecule has 0 aromatic rings. The summed E-state index contributed by atoms with van der Waals surface area (Å²) in [6.07, 6.45) is 1.08. The molecular formula is C19H29NO9. The Bertz CT molecular complexity index is 573. The Labute approximate surface area is 170 Å². The molecule has 10 nitrogen and oxygen atoms in total. The van der Waals surface area contributed by atoms with Gasteiger partial charge in [-0.2, -0.15) is 0 Å². The SMILES string of the molecule is C=C(C)C(=O)OCCO.C=C(C)C(=O)OCCO.[C-]#[N+]C=C(C)C(=O)OCCO. The number of carbonyl (C=O) groups excluding carboxylic acids is 3. The Kier molecular flexibility index (Phi) is 22.6. The Morgan fingerprint density at radius 1 is 0.793 bits per heavy atom. The van der Waals surface area contributed by atoms with Crippen molar-refractivity contribution >= 4 is 17.9 Å². The van der Waals surface area contributed by atoms with Crippen LogP contribution < -0.4 is 0 Å². The summed E-state index contributed by atoms with van der Waals surface area (Å²) in [7, 11) is 0. The summed E-state index contributed by atoms with van der Waals surface area (Å²) < 4.78 is 13.4. The summed E-state index contributed by atoms with van der Waals surface area (Å²) in [4.78, 5) is 34.6.